The molecule has 1 heteroatoms. The van der Waals surface area contributed by atoms with Crippen molar-refractivity contribution in [2.24, 2.45) is 5.92 Å². The van der Waals surface area contributed by atoms with E-state index in [1.165, 1.54) is 5.56 Å². The van der Waals surface area contributed by atoms with Crippen molar-refractivity contribution in [1.29, 1.82) is 0 Å². The molecule has 2 aliphatic carbocycles. The van der Waals surface area contributed by atoms with Gasteiger partial charge in [0.1, 0.15) is 0 Å². The number of hydrogen-bond acceptors (Lipinski definition) is 1. The summed E-state index contributed by atoms with van der Waals surface area (Å²) in [6, 6.07) is 10.4. The van der Waals surface area contributed by atoms with Crippen molar-refractivity contribution >= 4 is 5.78 Å². The van der Waals surface area contributed by atoms with Crippen molar-refractivity contribution in [3.05, 3.63) is 60.2 Å². The van der Waals surface area contributed by atoms with Crippen LogP contribution in [0.2, 0.25) is 0 Å². The van der Waals surface area contributed by atoms with E-state index in [1.807, 2.05) is 6.07 Å². The van der Waals surface area contributed by atoms with Crippen LogP contribution in [0.25, 0.3) is 0 Å². The minimum Gasteiger partial charge on any atom is -0.294 e. The van der Waals surface area contributed by atoms with Gasteiger partial charge in [-0.1, -0.05) is 48.6 Å². The first kappa shape index (κ1) is 9.59. The summed E-state index contributed by atoms with van der Waals surface area (Å²) in [7, 11) is 0. The van der Waals surface area contributed by atoms with Crippen molar-refractivity contribution in [3.8, 4) is 0 Å². The monoisotopic (exact) mass is 210 g/mol. The van der Waals surface area contributed by atoms with Crippen LogP contribution in [0, 0.1) is 5.92 Å². The molecule has 1 aromatic rings. The molecule has 0 amide bonds. The first-order chi connectivity index (χ1) is 7.71. The van der Waals surface area contributed by atoms with Gasteiger partial charge in [0, 0.05) is 11.3 Å². The Hall–Kier alpha value is -1.63. The van der Waals surface area contributed by atoms with Crippen molar-refractivity contribution in [2.45, 2.75) is 18.3 Å². The fourth-order valence-electron chi connectivity index (χ4n) is 2.98. The number of carbonyl (C=O) groups excluding carboxylic acids is 1. The second-order valence-electron chi connectivity index (χ2n) is 4.85. The van der Waals surface area contributed by atoms with Crippen molar-refractivity contribution in [1.82, 2.24) is 0 Å². The topological polar surface area (TPSA) is 17.1 Å². The molecule has 0 aliphatic heterocycles. The maximum absolute atomic E-state index is 11.7. The quantitative estimate of drug-likeness (QED) is 0.651. The van der Waals surface area contributed by atoms with Crippen LogP contribution in [0.15, 0.2) is 54.6 Å². The highest BCUT2D eigenvalue weighted by Gasteiger charge is 2.45. The molecular weight excluding hydrogens is 196 g/mol. The maximum Gasteiger partial charge on any atom is 0.162 e. The van der Waals surface area contributed by atoms with Crippen LogP contribution in [0.3, 0.4) is 0 Å². The molecule has 2 aliphatic rings. The van der Waals surface area contributed by atoms with Crippen LogP contribution < -0.4 is 0 Å². The Morgan fingerprint density at radius 2 is 2.00 bits per heavy atom. The Morgan fingerprint density at radius 3 is 2.75 bits per heavy atom. The Balaban J connectivity index is 2.11. The number of carbonyl (C=O) groups is 1. The van der Waals surface area contributed by atoms with Crippen molar-refractivity contribution in [3.63, 3.8) is 0 Å². The van der Waals surface area contributed by atoms with E-state index < -0.39 is 0 Å². The van der Waals surface area contributed by atoms with Gasteiger partial charge >= 0.3 is 0 Å². The number of allylic oxidation sites excluding steroid dienone is 3. The molecule has 1 saturated carbocycles. The van der Waals surface area contributed by atoms with Crippen LogP contribution >= 0.6 is 0 Å². The van der Waals surface area contributed by atoms with Gasteiger partial charge in [-0.15, -0.1) is 0 Å². The van der Waals surface area contributed by atoms with Gasteiger partial charge in [-0.05, 0) is 24.5 Å². The molecule has 0 aromatic heterocycles. The largest absolute Gasteiger partial charge is 0.294 e. The third-order valence-electron chi connectivity index (χ3n) is 3.86. The smallest absolute Gasteiger partial charge is 0.162 e. The summed E-state index contributed by atoms with van der Waals surface area (Å²) >= 11 is 0. The molecular formula is C15H14O. The molecule has 0 spiro atoms. The molecule has 0 radical (unpaired) electrons. The van der Waals surface area contributed by atoms with E-state index in [2.05, 4.69) is 36.9 Å². The summed E-state index contributed by atoms with van der Waals surface area (Å²) in [5.41, 5.74) is 2.44. The van der Waals surface area contributed by atoms with E-state index in [1.54, 1.807) is 6.08 Å². The highest BCUT2D eigenvalue weighted by molar-refractivity contribution is 5.96. The SMILES string of the molecule is C=C1C[C@@]2(c3ccccc3)C=CC(=O)[C@@H]1C2. The van der Waals surface area contributed by atoms with Gasteiger partial charge in [0.25, 0.3) is 0 Å². The predicted molar refractivity (Wildman–Crippen MR) is 64.1 cm³/mol. The van der Waals surface area contributed by atoms with Crippen molar-refractivity contribution < 1.29 is 4.79 Å². The lowest BCUT2D eigenvalue weighted by Crippen LogP contribution is -2.25. The van der Waals surface area contributed by atoms with E-state index in [0.29, 0.717) is 0 Å². The van der Waals surface area contributed by atoms with E-state index in [0.717, 1.165) is 18.4 Å². The third kappa shape index (κ3) is 1.21. The van der Waals surface area contributed by atoms with Crippen LogP contribution in [0.1, 0.15) is 18.4 Å². The van der Waals surface area contributed by atoms with Crippen LogP contribution in [-0.2, 0) is 10.2 Å². The Morgan fingerprint density at radius 1 is 1.25 bits per heavy atom. The molecule has 1 fully saturated rings. The van der Waals surface area contributed by atoms with Gasteiger partial charge in [0.2, 0.25) is 0 Å². The van der Waals surface area contributed by atoms with E-state index in [-0.39, 0.29) is 17.1 Å². The number of fused-ring (bicyclic) bond motifs is 2. The van der Waals surface area contributed by atoms with Crippen molar-refractivity contribution in [2.75, 3.05) is 0 Å². The number of ketones is 1. The fourth-order valence-corrected chi connectivity index (χ4v) is 2.98. The molecule has 0 unspecified atom stereocenters. The molecule has 0 heterocycles. The molecule has 1 nitrogen and oxygen atoms in total. The van der Waals surface area contributed by atoms with Crippen LogP contribution in [0.4, 0.5) is 0 Å². The van der Waals surface area contributed by atoms with Gasteiger partial charge in [-0.2, -0.15) is 0 Å². The summed E-state index contributed by atoms with van der Waals surface area (Å²) in [5, 5.41) is 0. The zero-order valence-electron chi connectivity index (χ0n) is 9.15. The molecule has 16 heavy (non-hydrogen) atoms. The molecule has 0 saturated heterocycles. The lowest BCUT2D eigenvalue weighted by molar-refractivity contribution is -0.117. The molecule has 80 valence electrons. The van der Waals surface area contributed by atoms with Gasteiger partial charge in [-0.3, -0.25) is 4.79 Å². The zero-order chi connectivity index (χ0) is 11.2. The Labute approximate surface area is 95.5 Å². The van der Waals surface area contributed by atoms with E-state index >= 15 is 0 Å². The molecule has 1 aromatic carbocycles. The predicted octanol–water partition coefficient (Wildman–Crippen LogP) is 3.03. The zero-order valence-corrected chi connectivity index (χ0v) is 9.15. The Kier molecular flexibility index (Phi) is 1.90. The Bertz CT molecular complexity index is 483. The normalized spacial score (nSPS) is 32.1. The summed E-state index contributed by atoms with van der Waals surface area (Å²) in [6.07, 6.45) is 5.66. The highest BCUT2D eigenvalue weighted by atomic mass is 16.1. The van der Waals surface area contributed by atoms with Gasteiger partial charge in [0.05, 0.1) is 0 Å². The maximum atomic E-state index is 11.7. The molecule has 0 N–H and O–H groups in total. The van der Waals surface area contributed by atoms with Gasteiger partial charge < -0.3 is 0 Å². The minimum atomic E-state index is 0.0386. The summed E-state index contributed by atoms with van der Waals surface area (Å²) < 4.78 is 0. The van der Waals surface area contributed by atoms with E-state index in [4.69, 9.17) is 0 Å². The third-order valence-corrected chi connectivity index (χ3v) is 3.86. The molecule has 2 bridgehead atoms. The fraction of sp³-hybridized carbons (Fsp3) is 0.267. The summed E-state index contributed by atoms with van der Waals surface area (Å²) in [4.78, 5) is 11.7. The number of hydrogen-bond donors (Lipinski definition) is 0. The lowest BCUT2D eigenvalue weighted by Gasteiger charge is -2.28. The second kappa shape index (κ2) is 3.18. The van der Waals surface area contributed by atoms with E-state index in [9.17, 15) is 4.79 Å². The average molecular weight is 210 g/mol. The van der Waals surface area contributed by atoms with Gasteiger partial charge in [-0.25, -0.2) is 0 Å². The number of rotatable bonds is 1. The van der Waals surface area contributed by atoms with Crippen LogP contribution in [0.5, 0.6) is 0 Å². The van der Waals surface area contributed by atoms with Crippen LogP contribution in [-0.4, -0.2) is 5.78 Å². The second-order valence-corrected chi connectivity index (χ2v) is 4.85. The summed E-state index contributed by atoms with van der Waals surface area (Å²) in [6.45, 7) is 4.06. The highest BCUT2D eigenvalue weighted by Crippen LogP contribution is 2.50. The first-order valence-electron chi connectivity index (χ1n) is 5.68. The first-order valence-corrected chi connectivity index (χ1v) is 5.68. The number of benzene rings is 1. The molecule has 2 atom stereocenters. The lowest BCUT2D eigenvalue weighted by atomic mass is 9.75. The van der Waals surface area contributed by atoms with Gasteiger partial charge in [0.15, 0.2) is 5.78 Å². The molecule has 3 rings (SSSR count). The summed E-state index contributed by atoms with van der Waals surface area (Å²) in [5.74, 6) is 0.291. The standard InChI is InChI=1S/C15H14O/c1-11-9-15(12-5-3-2-4-6-12)8-7-14(16)13(11)10-15/h2-8,13H,1,9-10H2/t13-,15+/m1/s1. The average Bonchev–Trinajstić information content (AvgIpc) is 2.61. The minimum absolute atomic E-state index is 0.0386.